The predicted octanol–water partition coefficient (Wildman–Crippen LogP) is 1.30. The molecule has 2 amide bonds. The third kappa shape index (κ3) is 6.39. The minimum atomic E-state index is -0.766. The van der Waals surface area contributed by atoms with Crippen LogP contribution in [0.15, 0.2) is 0 Å². The molecule has 19 heavy (non-hydrogen) atoms. The van der Waals surface area contributed by atoms with Crippen molar-refractivity contribution in [2.45, 2.75) is 31.7 Å². The van der Waals surface area contributed by atoms with E-state index >= 15 is 0 Å². The standard InChI is InChI=1S/C13H20N2O3S/c1-2-7-19-8-6-14-13(18)15-11-5-3-4-10(9-11)12(16)17/h1,10-11H,3-9H2,(H,16,17)(H2,14,15,18). The van der Waals surface area contributed by atoms with Crippen LogP contribution in [0.5, 0.6) is 0 Å². The second kappa shape index (κ2) is 8.70. The van der Waals surface area contributed by atoms with Gasteiger partial charge in [-0.2, -0.15) is 0 Å². The van der Waals surface area contributed by atoms with Crippen LogP contribution < -0.4 is 10.6 Å². The highest BCUT2D eigenvalue weighted by Gasteiger charge is 2.27. The molecule has 106 valence electrons. The topological polar surface area (TPSA) is 78.4 Å². The highest BCUT2D eigenvalue weighted by Crippen LogP contribution is 2.24. The van der Waals surface area contributed by atoms with Crippen molar-refractivity contribution >= 4 is 23.8 Å². The highest BCUT2D eigenvalue weighted by molar-refractivity contribution is 7.99. The molecule has 0 saturated heterocycles. The first kappa shape index (κ1) is 15.7. The molecule has 1 saturated carbocycles. The van der Waals surface area contributed by atoms with Crippen molar-refractivity contribution in [2.75, 3.05) is 18.1 Å². The molecular formula is C13H20N2O3S. The number of urea groups is 1. The van der Waals surface area contributed by atoms with Crippen LogP contribution in [-0.2, 0) is 4.79 Å². The van der Waals surface area contributed by atoms with E-state index in [1.54, 1.807) is 11.8 Å². The Morgan fingerprint density at radius 2 is 2.21 bits per heavy atom. The molecule has 3 N–H and O–H groups in total. The van der Waals surface area contributed by atoms with Gasteiger partial charge in [-0.25, -0.2) is 4.79 Å². The van der Waals surface area contributed by atoms with Crippen LogP contribution in [0.3, 0.4) is 0 Å². The first-order valence-electron chi connectivity index (χ1n) is 6.42. The number of terminal acetylenes is 1. The van der Waals surface area contributed by atoms with Crippen molar-refractivity contribution in [1.82, 2.24) is 10.6 Å². The molecule has 1 aliphatic rings. The van der Waals surface area contributed by atoms with Gasteiger partial charge >= 0.3 is 12.0 Å². The molecule has 2 atom stereocenters. The van der Waals surface area contributed by atoms with Crippen LogP contribution in [0, 0.1) is 18.3 Å². The normalized spacial score (nSPS) is 22.3. The number of hydrogen-bond donors (Lipinski definition) is 3. The van der Waals surface area contributed by atoms with Crippen molar-refractivity contribution < 1.29 is 14.7 Å². The summed E-state index contributed by atoms with van der Waals surface area (Å²) < 4.78 is 0. The maximum Gasteiger partial charge on any atom is 0.315 e. The lowest BCUT2D eigenvalue weighted by molar-refractivity contribution is -0.143. The first-order chi connectivity index (χ1) is 9.13. The number of carbonyl (C=O) groups excluding carboxylic acids is 1. The molecule has 5 nitrogen and oxygen atoms in total. The molecule has 1 rings (SSSR count). The molecule has 0 spiro atoms. The minimum Gasteiger partial charge on any atom is -0.481 e. The molecule has 0 aromatic rings. The van der Waals surface area contributed by atoms with Crippen LogP contribution in [0.4, 0.5) is 4.79 Å². The molecule has 0 bridgehead atoms. The lowest BCUT2D eigenvalue weighted by Gasteiger charge is -2.27. The highest BCUT2D eigenvalue weighted by atomic mass is 32.2. The smallest absolute Gasteiger partial charge is 0.315 e. The average molecular weight is 284 g/mol. The zero-order chi connectivity index (χ0) is 14.1. The van der Waals surface area contributed by atoms with Gasteiger partial charge in [0.15, 0.2) is 0 Å². The Morgan fingerprint density at radius 1 is 1.42 bits per heavy atom. The summed E-state index contributed by atoms with van der Waals surface area (Å²) in [5, 5.41) is 14.5. The number of aliphatic carboxylic acids is 1. The zero-order valence-corrected chi connectivity index (χ0v) is 11.7. The Morgan fingerprint density at radius 3 is 2.89 bits per heavy atom. The summed E-state index contributed by atoms with van der Waals surface area (Å²) in [6.45, 7) is 0.563. The number of carbonyl (C=O) groups is 2. The van der Waals surface area contributed by atoms with E-state index in [1.807, 2.05) is 0 Å². The third-order valence-electron chi connectivity index (χ3n) is 3.08. The summed E-state index contributed by atoms with van der Waals surface area (Å²) >= 11 is 1.59. The van der Waals surface area contributed by atoms with Crippen LogP contribution in [0.25, 0.3) is 0 Å². The van der Waals surface area contributed by atoms with E-state index in [4.69, 9.17) is 11.5 Å². The maximum absolute atomic E-state index is 11.6. The zero-order valence-electron chi connectivity index (χ0n) is 10.9. The monoisotopic (exact) mass is 284 g/mol. The second-order valence-corrected chi connectivity index (χ2v) is 5.66. The Kier molecular flexibility index (Phi) is 7.19. The van der Waals surface area contributed by atoms with E-state index in [9.17, 15) is 9.59 Å². The molecule has 1 aliphatic carbocycles. The number of carboxylic acid groups (broad SMARTS) is 1. The summed E-state index contributed by atoms with van der Waals surface area (Å²) in [5.41, 5.74) is 0. The quantitative estimate of drug-likeness (QED) is 0.507. The van der Waals surface area contributed by atoms with Crippen molar-refractivity contribution in [3.8, 4) is 12.3 Å². The largest absolute Gasteiger partial charge is 0.481 e. The number of amides is 2. The molecule has 0 heterocycles. The number of hydrogen-bond acceptors (Lipinski definition) is 3. The number of carboxylic acids is 1. The molecule has 0 aromatic heterocycles. The van der Waals surface area contributed by atoms with Gasteiger partial charge in [-0.05, 0) is 19.3 Å². The fraction of sp³-hybridized carbons (Fsp3) is 0.692. The van der Waals surface area contributed by atoms with Gasteiger partial charge in [0, 0.05) is 18.3 Å². The van der Waals surface area contributed by atoms with E-state index in [1.165, 1.54) is 0 Å². The fourth-order valence-corrected chi connectivity index (χ4v) is 2.66. The lowest BCUT2D eigenvalue weighted by atomic mass is 9.86. The van der Waals surface area contributed by atoms with Gasteiger partial charge in [-0.3, -0.25) is 4.79 Å². The molecule has 0 aromatic carbocycles. The molecule has 0 aliphatic heterocycles. The first-order valence-corrected chi connectivity index (χ1v) is 7.57. The molecule has 2 unspecified atom stereocenters. The summed E-state index contributed by atoms with van der Waals surface area (Å²) in [4.78, 5) is 22.5. The molecule has 6 heteroatoms. The second-order valence-electron chi connectivity index (χ2n) is 4.56. The summed E-state index contributed by atoms with van der Waals surface area (Å²) in [5.74, 6) is 2.84. The van der Waals surface area contributed by atoms with E-state index in [-0.39, 0.29) is 18.0 Å². The van der Waals surface area contributed by atoms with Gasteiger partial charge in [0.1, 0.15) is 0 Å². The van der Waals surface area contributed by atoms with Crippen molar-refractivity contribution in [3.05, 3.63) is 0 Å². The van der Waals surface area contributed by atoms with E-state index in [0.717, 1.165) is 18.6 Å². The number of nitrogens with one attached hydrogen (secondary N) is 2. The van der Waals surface area contributed by atoms with Crippen LogP contribution in [-0.4, -0.2) is 41.2 Å². The van der Waals surface area contributed by atoms with E-state index in [2.05, 4.69) is 16.6 Å². The van der Waals surface area contributed by atoms with Gasteiger partial charge < -0.3 is 15.7 Å². The fourth-order valence-electron chi connectivity index (χ4n) is 2.15. The van der Waals surface area contributed by atoms with Gasteiger partial charge in [0.05, 0.1) is 11.7 Å². The van der Waals surface area contributed by atoms with Gasteiger partial charge in [-0.1, -0.05) is 12.3 Å². The maximum atomic E-state index is 11.6. The van der Waals surface area contributed by atoms with Gasteiger partial charge in [0.25, 0.3) is 0 Å². The van der Waals surface area contributed by atoms with E-state index in [0.29, 0.717) is 25.1 Å². The number of thioether (sulfide) groups is 1. The Hall–Kier alpha value is -1.35. The summed E-state index contributed by atoms with van der Waals surface area (Å²) in [6.07, 6.45) is 8.04. The van der Waals surface area contributed by atoms with Gasteiger partial charge in [0.2, 0.25) is 0 Å². The summed E-state index contributed by atoms with van der Waals surface area (Å²) in [7, 11) is 0. The van der Waals surface area contributed by atoms with Crippen molar-refractivity contribution in [1.29, 1.82) is 0 Å². The number of rotatable bonds is 6. The van der Waals surface area contributed by atoms with Crippen LogP contribution >= 0.6 is 11.8 Å². The van der Waals surface area contributed by atoms with Crippen LogP contribution in [0.2, 0.25) is 0 Å². The Labute approximate surface area is 117 Å². The third-order valence-corrected chi connectivity index (χ3v) is 3.94. The SMILES string of the molecule is C#CCSCCNC(=O)NC1CCCC(C(=O)O)C1. The van der Waals surface area contributed by atoms with Crippen molar-refractivity contribution in [3.63, 3.8) is 0 Å². The average Bonchev–Trinajstić information content (AvgIpc) is 2.38. The Balaban J connectivity index is 2.17. The Bertz CT molecular complexity index is 354. The predicted molar refractivity (Wildman–Crippen MR) is 76.1 cm³/mol. The van der Waals surface area contributed by atoms with Gasteiger partial charge in [-0.15, -0.1) is 18.2 Å². The lowest BCUT2D eigenvalue weighted by Crippen LogP contribution is -2.45. The summed E-state index contributed by atoms with van der Waals surface area (Å²) in [6, 6.07) is -0.259. The van der Waals surface area contributed by atoms with Crippen LogP contribution in [0.1, 0.15) is 25.7 Å². The molecule has 1 fully saturated rings. The molecule has 0 radical (unpaired) electrons. The van der Waals surface area contributed by atoms with Crippen molar-refractivity contribution in [2.24, 2.45) is 5.92 Å². The molecular weight excluding hydrogens is 264 g/mol. The van der Waals surface area contributed by atoms with E-state index < -0.39 is 5.97 Å². The minimum absolute atomic E-state index is 0.0341.